The molecule has 1 atom stereocenters. The van der Waals surface area contributed by atoms with Crippen LogP contribution in [0.25, 0.3) is 0 Å². The van der Waals surface area contributed by atoms with Crippen LogP contribution >= 0.6 is 0 Å². The zero-order valence-electron chi connectivity index (χ0n) is 12.6. The average molecular weight is 284 g/mol. The van der Waals surface area contributed by atoms with E-state index < -0.39 is 12.1 Å². The van der Waals surface area contributed by atoms with Gasteiger partial charge in [-0.2, -0.15) is 0 Å². The summed E-state index contributed by atoms with van der Waals surface area (Å²) in [6, 6.07) is 13.4. The van der Waals surface area contributed by atoms with Gasteiger partial charge in [0.15, 0.2) is 6.10 Å². The topological polar surface area (TPSA) is 46.5 Å². The second kappa shape index (κ2) is 6.44. The van der Waals surface area contributed by atoms with Crippen LogP contribution in [-0.4, -0.2) is 17.2 Å². The minimum absolute atomic E-state index is 0.352. The Labute approximate surface area is 125 Å². The monoisotopic (exact) mass is 284 g/mol. The molecule has 0 aliphatic heterocycles. The van der Waals surface area contributed by atoms with Gasteiger partial charge in [-0.1, -0.05) is 36.4 Å². The summed E-state index contributed by atoms with van der Waals surface area (Å²) < 4.78 is 5.68. The second-order valence-corrected chi connectivity index (χ2v) is 5.33. The van der Waals surface area contributed by atoms with Gasteiger partial charge in [0.05, 0.1) is 0 Å². The molecule has 3 heteroatoms. The van der Waals surface area contributed by atoms with E-state index in [4.69, 9.17) is 4.74 Å². The fraction of sp³-hybridized carbons (Fsp3) is 0.278. The van der Waals surface area contributed by atoms with Crippen molar-refractivity contribution in [3.05, 3.63) is 64.7 Å². The maximum atomic E-state index is 11.4. The highest BCUT2D eigenvalue weighted by Crippen LogP contribution is 2.20. The van der Waals surface area contributed by atoms with Crippen LogP contribution in [0.4, 0.5) is 0 Å². The summed E-state index contributed by atoms with van der Waals surface area (Å²) in [5.74, 6) is -0.329. The number of aliphatic carboxylic acids is 1. The number of carbonyl (C=O) groups is 1. The number of aryl methyl sites for hydroxylation is 3. The Morgan fingerprint density at radius 3 is 2.38 bits per heavy atom. The zero-order valence-corrected chi connectivity index (χ0v) is 12.6. The molecule has 21 heavy (non-hydrogen) atoms. The molecule has 0 aliphatic rings. The van der Waals surface area contributed by atoms with Gasteiger partial charge in [0, 0.05) is 6.42 Å². The van der Waals surface area contributed by atoms with Gasteiger partial charge in [0.1, 0.15) is 5.75 Å². The Bertz CT molecular complexity index is 647. The smallest absolute Gasteiger partial charge is 0.345 e. The van der Waals surface area contributed by atoms with Crippen LogP contribution in [0.5, 0.6) is 5.75 Å². The maximum absolute atomic E-state index is 11.4. The summed E-state index contributed by atoms with van der Waals surface area (Å²) >= 11 is 0. The van der Waals surface area contributed by atoms with E-state index in [0.717, 1.165) is 16.7 Å². The van der Waals surface area contributed by atoms with Crippen molar-refractivity contribution in [3.63, 3.8) is 0 Å². The molecule has 0 heterocycles. The molecule has 0 saturated carbocycles. The van der Waals surface area contributed by atoms with Gasteiger partial charge in [-0.3, -0.25) is 0 Å². The third-order valence-electron chi connectivity index (χ3n) is 3.63. The Hall–Kier alpha value is -2.29. The lowest BCUT2D eigenvalue weighted by molar-refractivity contribution is -0.145. The molecule has 0 fully saturated rings. The predicted molar refractivity (Wildman–Crippen MR) is 82.9 cm³/mol. The van der Waals surface area contributed by atoms with Crippen molar-refractivity contribution in [3.8, 4) is 5.75 Å². The summed E-state index contributed by atoms with van der Waals surface area (Å²) in [5, 5.41) is 9.39. The van der Waals surface area contributed by atoms with E-state index in [2.05, 4.69) is 0 Å². The van der Waals surface area contributed by atoms with E-state index in [-0.39, 0.29) is 0 Å². The van der Waals surface area contributed by atoms with E-state index in [0.29, 0.717) is 12.2 Å². The van der Waals surface area contributed by atoms with Gasteiger partial charge in [-0.15, -0.1) is 0 Å². The molecule has 0 spiro atoms. The molecule has 0 bridgehead atoms. The number of rotatable bonds is 5. The standard InChI is InChI=1S/C18H20O3/c1-12-8-9-15(10-14(12)3)11-17(18(19)20)21-16-7-5-4-6-13(16)2/h4-10,17H,11H2,1-3H3,(H,19,20)/t17-/m0/s1. The minimum atomic E-state index is -0.948. The van der Waals surface area contributed by atoms with Crippen molar-refractivity contribution in [1.82, 2.24) is 0 Å². The van der Waals surface area contributed by atoms with E-state index in [9.17, 15) is 9.90 Å². The quantitative estimate of drug-likeness (QED) is 0.911. The predicted octanol–water partition coefficient (Wildman–Crippen LogP) is 3.69. The molecule has 110 valence electrons. The van der Waals surface area contributed by atoms with Crippen LogP contribution in [0.15, 0.2) is 42.5 Å². The van der Waals surface area contributed by atoms with Crippen molar-refractivity contribution >= 4 is 5.97 Å². The largest absolute Gasteiger partial charge is 0.478 e. The summed E-state index contributed by atoms with van der Waals surface area (Å²) in [4.78, 5) is 11.4. The van der Waals surface area contributed by atoms with E-state index in [1.165, 1.54) is 5.56 Å². The molecule has 0 aliphatic carbocycles. The molecular formula is C18H20O3. The number of ether oxygens (including phenoxy) is 1. The normalized spacial score (nSPS) is 12.0. The average Bonchev–Trinajstić information content (AvgIpc) is 2.44. The lowest BCUT2D eigenvalue weighted by Gasteiger charge is -2.17. The number of hydrogen-bond donors (Lipinski definition) is 1. The first-order valence-corrected chi connectivity index (χ1v) is 6.98. The number of hydrogen-bond acceptors (Lipinski definition) is 2. The minimum Gasteiger partial charge on any atom is -0.478 e. The van der Waals surface area contributed by atoms with Gasteiger partial charge in [-0.05, 0) is 49.1 Å². The van der Waals surface area contributed by atoms with Crippen LogP contribution in [0, 0.1) is 20.8 Å². The van der Waals surface area contributed by atoms with Gasteiger partial charge in [0.25, 0.3) is 0 Å². The zero-order chi connectivity index (χ0) is 15.4. The molecule has 2 aromatic rings. The highest BCUT2D eigenvalue weighted by Gasteiger charge is 2.20. The summed E-state index contributed by atoms with van der Waals surface area (Å²) in [6.07, 6.45) is -0.529. The number of benzene rings is 2. The Morgan fingerprint density at radius 1 is 1.05 bits per heavy atom. The maximum Gasteiger partial charge on any atom is 0.345 e. The lowest BCUT2D eigenvalue weighted by Crippen LogP contribution is -2.29. The first-order valence-electron chi connectivity index (χ1n) is 6.98. The molecular weight excluding hydrogens is 264 g/mol. The third kappa shape index (κ3) is 3.85. The van der Waals surface area contributed by atoms with Crippen molar-refractivity contribution in [2.45, 2.75) is 33.3 Å². The molecule has 2 aromatic carbocycles. The highest BCUT2D eigenvalue weighted by molar-refractivity contribution is 5.73. The Balaban J connectivity index is 2.18. The highest BCUT2D eigenvalue weighted by atomic mass is 16.5. The molecule has 2 rings (SSSR count). The summed E-state index contributed by atoms with van der Waals surface area (Å²) in [7, 11) is 0. The number of para-hydroxylation sites is 1. The fourth-order valence-corrected chi connectivity index (χ4v) is 2.17. The lowest BCUT2D eigenvalue weighted by atomic mass is 10.0. The van der Waals surface area contributed by atoms with Gasteiger partial charge in [-0.25, -0.2) is 4.79 Å². The Morgan fingerprint density at radius 2 is 1.76 bits per heavy atom. The third-order valence-corrected chi connectivity index (χ3v) is 3.63. The van der Waals surface area contributed by atoms with Gasteiger partial charge < -0.3 is 9.84 Å². The molecule has 0 radical (unpaired) electrons. The van der Waals surface area contributed by atoms with Gasteiger partial charge in [0.2, 0.25) is 0 Å². The Kier molecular flexibility index (Phi) is 4.63. The van der Waals surface area contributed by atoms with Crippen molar-refractivity contribution < 1.29 is 14.6 Å². The van der Waals surface area contributed by atoms with Crippen LogP contribution < -0.4 is 4.74 Å². The van der Waals surface area contributed by atoms with E-state index >= 15 is 0 Å². The molecule has 3 nitrogen and oxygen atoms in total. The van der Waals surface area contributed by atoms with Crippen LogP contribution in [0.2, 0.25) is 0 Å². The van der Waals surface area contributed by atoms with Crippen LogP contribution in [0.3, 0.4) is 0 Å². The van der Waals surface area contributed by atoms with Crippen molar-refractivity contribution in [1.29, 1.82) is 0 Å². The fourth-order valence-electron chi connectivity index (χ4n) is 2.17. The first-order chi connectivity index (χ1) is 9.97. The van der Waals surface area contributed by atoms with Crippen molar-refractivity contribution in [2.75, 3.05) is 0 Å². The number of carboxylic acids is 1. The summed E-state index contributed by atoms with van der Waals surface area (Å²) in [6.45, 7) is 5.97. The van der Waals surface area contributed by atoms with E-state index in [1.807, 2.05) is 57.2 Å². The van der Waals surface area contributed by atoms with E-state index in [1.54, 1.807) is 6.07 Å². The summed E-state index contributed by atoms with van der Waals surface area (Å²) in [5.41, 5.74) is 4.26. The van der Waals surface area contributed by atoms with Crippen LogP contribution in [0.1, 0.15) is 22.3 Å². The van der Waals surface area contributed by atoms with Crippen molar-refractivity contribution in [2.24, 2.45) is 0 Å². The first kappa shape index (κ1) is 15.1. The SMILES string of the molecule is Cc1ccc(C[C@H](Oc2ccccc2C)C(=O)O)cc1C. The molecule has 0 amide bonds. The molecule has 0 unspecified atom stereocenters. The second-order valence-electron chi connectivity index (χ2n) is 5.33. The number of carboxylic acid groups (broad SMARTS) is 1. The van der Waals surface area contributed by atoms with Gasteiger partial charge >= 0.3 is 5.97 Å². The van der Waals surface area contributed by atoms with Crippen LogP contribution in [-0.2, 0) is 11.2 Å². The molecule has 0 aromatic heterocycles. The molecule has 0 saturated heterocycles. The molecule has 1 N–H and O–H groups in total.